The second-order valence-electron chi connectivity index (χ2n) is 3.99. The summed E-state index contributed by atoms with van der Waals surface area (Å²) in [4.78, 5) is 25.4. The Morgan fingerprint density at radius 1 is 1.47 bits per heavy atom. The maximum Gasteiger partial charge on any atom is 0.417 e. The van der Waals surface area contributed by atoms with Gasteiger partial charge in [-0.25, -0.2) is 4.79 Å². The molecule has 102 valence electrons. The molecular weight excluding hydrogens is 290 g/mol. The minimum Gasteiger partial charge on any atom is -0.408 e. The molecule has 3 N–H and O–H groups in total. The highest BCUT2D eigenvalue weighted by Gasteiger charge is 2.22. The second-order valence-corrected chi connectivity index (χ2v) is 5.02. The lowest BCUT2D eigenvalue weighted by Gasteiger charge is -2.10. The van der Waals surface area contributed by atoms with Crippen molar-refractivity contribution in [2.75, 3.05) is 16.9 Å². The number of hydrogen-bond acceptors (Lipinski definition) is 5. The van der Waals surface area contributed by atoms with Gasteiger partial charge in [0.25, 0.3) is 0 Å². The number of carbonyl (C=O) groups excluding carboxylic acids is 1. The molecule has 2 heterocycles. The molecule has 1 aromatic carbocycles. The number of fused-ring (bicyclic) bond motifs is 1. The molecule has 0 aliphatic carbocycles. The zero-order chi connectivity index (χ0) is 12.5. The van der Waals surface area contributed by atoms with Crippen molar-refractivity contribution in [1.29, 1.82) is 0 Å². The summed E-state index contributed by atoms with van der Waals surface area (Å²) in [5, 5.41) is 5.90. The molecule has 6 nitrogen and oxygen atoms in total. The third kappa shape index (κ3) is 2.94. The first-order valence-electron chi connectivity index (χ1n) is 5.47. The lowest BCUT2D eigenvalue weighted by molar-refractivity contribution is -0.117. The van der Waals surface area contributed by atoms with Gasteiger partial charge in [0.15, 0.2) is 5.58 Å². The molecule has 8 heteroatoms. The Labute approximate surface area is 118 Å². The third-order valence-electron chi connectivity index (χ3n) is 2.72. The largest absolute Gasteiger partial charge is 0.417 e. The molecule has 1 saturated heterocycles. The Kier molecular flexibility index (Phi) is 4.18. The average Bonchev–Trinajstić information content (AvgIpc) is 2.95. The van der Waals surface area contributed by atoms with Crippen LogP contribution in [0.5, 0.6) is 0 Å². The number of thioether (sulfide) groups is 1. The van der Waals surface area contributed by atoms with Crippen molar-refractivity contribution in [3.05, 3.63) is 28.7 Å². The molecule has 3 rings (SSSR count). The van der Waals surface area contributed by atoms with Crippen LogP contribution in [0.3, 0.4) is 0 Å². The van der Waals surface area contributed by atoms with Gasteiger partial charge < -0.3 is 9.73 Å². The number of benzene rings is 1. The number of oxazole rings is 1. The van der Waals surface area contributed by atoms with Crippen LogP contribution < -0.4 is 16.4 Å². The van der Waals surface area contributed by atoms with Gasteiger partial charge in [0.1, 0.15) is 0 Å². The Morgan fingerprint density at radius 2 is 2.32 bits per heavy atom. The highest BCUT2D eigenvalue weighted by atomic mass is 35.5. The van der Waals surface area contributed by atoms with Gasteiger partial charge in [-0.15, -0.1) is 24.2 Å². The number of hydrogen-bond donors (Lipinski definition) is 3. The molecule has 1 aliphatic heterocycles. The first kappa shape index (κ1) is 14.0. The molecule has 19 heavy (non-hydrogen) atoms. The van der Waals surface area contributed by atoms with Gasteiger partial charge in [0.05, 0.1) is 11.6 Å². The Balaban J connectivity index is 0.00000133. The van der Waals surface area contributed by atoms with Crippen molar-refractivity contribution in [1.82, 2.24) is 10.3 Å². The van der Waals surface area contributed by atoms with Gasteiger partial charge in [-0.3, -0.25) is 15.1 Å². The summed E-state index contributed by atoms with van der Waals surface area (Å²) in [7, 11) is 0. The first-order valence-corrected chi connectivity index (χ1v) is 6.63. The van der Waals surface area contributed by atoms with E-state index in [1.807, 2.05) is 0 Å². The standard InChI is InChI=1S/C11H11N3O3S.ClH/c15-10(8-4-18-5-12-8)13-6-1-2-9-7(3-6)14-11(16)17-9;/h1-3,8,12H,4-5H2,(H,13,15)(H,14,16);1H. The normalized spacial score (nSPS) is 18.2. The van der Waals surface area contributed by atoms with E-state index in [1.165, 1.54) is 0 Å². The van der Waals surface area contributed by atoms with E-state index in [2.05, 4.69) is 15.6 Å². The van der Waals surface area contributed by atoms with E-state index >= 15 is 0 Å². The fraction of sp³-hybridized carbons (Fsp3) is 0.273. The Bertz CT molecular complexity index is 648. The third-order valence-corrected chi connectivity index (χ3v) is 3.66. The minimum atomic E-state index is -0.498. The molecule has 1 aliphatic rings. The topological polar surface area (TPSA) is 87.1 Å². The molecular formula is C11H12ClN3O3S. The average molecular weight is 302 g/mol. The van der Waals surface area contributed by atoms with Crippen LogP contribution in [-0.2, 0) is 4.79 Å². The van der Waals surface area contributed by atoms with Crippen molar-refractivity contribution in [3.63, 3.8) is 0 Å². The molecule has 1 amide bonds. The molecule has 0 spiro atoms. The van der Waals surface area contributed by atoms with E-state index < -0.39 is 5.76 Å². The van der Waals surface area contributed by atoms with Crippen molar-refractivity contribution in [3.8, 4) is 0 Å². The smallest absolute Gasteiger partial charge is 0.408 e. The number of halogens is 1. The second kappa shape index (κ2) is 5.68. The molecule has 2 aromatic rings. The van der Waals surface area contributed by atoms with E-state index in [0.717, 1.165) is 11.6 Å². The number of aromatic nitrogens is 1. The van der Waals surface area contributed by atoms with E-state index in [0.29, 0.717) is 16.8 Å². The van der Waals surface area contributed by atoms with Crippen LogP contribution in [0.15, 0.2) is 27.4 Å². The van der Waals surface area contributed by atoms with Gasteiger partial charge in [0.2, 0.25) is 5.91 Å². The monoisotopic (exact) mass is 301 g/mol. The van der Waals surface area contributed by atoms with E-state index in [4.69, 9.17) is 4.42 Å². The van der Waals surface area contributed by atoms with Crippen LogP contribution in [0, 0.1) is 0 Å². The maximum atomic E-state index is 11.9. The number of amides is 1. The Morgan fingerprint density at radius 3 is 3.05 bits per heavy atom. The zero-order valence-electron chi connectivity index (χ0n) is 9.76. The van der Waals surface area contributed by atoms with Gasteiger partial charge >= 0.3 is 5.76 Å². The summed E-state index contributed by atoms with van der Waals surface area (Å²) in [5.41, 5.74) is 1.70. The van der Waals surface area contributed by atoms with Crippen LogP contribution in [0.1, 0.15) is 0 Å². The number of nitrogens with one attached hydrogen (secondary N) is 3. The SMILES string of the molecule is Cl.O=C(Nc1ccc2oc(=O)[nH]c2c1)C1CSCN1. The van der Waals surface area contributed by atoms with E-state index in [9.17, 15) is 9.59 Å². The van der Waals surface area contributed by atoms with Gasteiger partial charge in [0, 0.05) is 17.3 Å². The lowest BCUT2D eigenvalue weighted by Crippen LogP contribution is -2.37. The van der Waals surface area contributed by atoms with Crippen LogP contribution >= 0.6 is 24.2 Å². The summed E-state index contributed by atoms with van der Waals surface area (Å²) < 4.78 is 4.89. The number of H-pyrrole nitrogens is 1. The number of carbonyl (C=O) groups is 1. The number of aromatic amines is 1. The van der Waals surface area contributed by atoms with E-state index in [1.54, 1.807) is 30.0 Å². The molecule has 1 aromatic heterocycles. The fourth-order valence-electron chi connectivity index (χ4n) is 1.82. The highest BCUT2D eigenvalue weighted by Crippen LogP contribution is 2.17. The number of rotatable bonds is 2. The summed E-state index contributed by atoms with van der Waals surface area (Å²) in [6.07, 6.45) is 0. The van der Waals surface area contributed by atoms with Crippen LogP contribution in [0.25, 0.3) is 11.1 Å². The lowest BCUT2D eigenvalue weighted by atomic mass is 10.2. The highest BCUT2D eigenvalue weighted by molar-refractivity contribution is 7.99. The van der Waals surface area contributed by atoms with Gasteiger partial charge in [-0.2, -0.15) is 0 Å². The summed E-state index contributed by atoms with van der Waals surface area (Å²) >= 11 is 1.69. The van der Waals surface area contributed by atoms with Gasteiger partial charge in [-0.1, -0.05) is 0 Å². The minimum absolute atomic E-state index is 0. The quantitative estimate of drug-likeness (QED) is 0.774. The van der Waals surface area contributed by atoms with Crippen LogP contribution in [-0.4, -0.2) is 28.6 Å². The molecule has 0 bridgehead atoms. The number of anilines is 1. The van der Waals surface area contributed by atoms with Crippen LogP contribution in [0.2, 0.25) is 0 Å². The van der Waals surface area contributed by atoms with Crippen molar-refractivity contribution < 1.29 is 9.21 Å². The molecule has 1 atom stereocenters. The summed E-state index contributed by atoms with van der Waals surface area (Å²) in [6.45, 7) is 0. The predicted molar refractivity (Wildman–Crippen MR) is 77.0 cm³/mol. The van der Waals surface area contributed by atoms with Crippen molar-refractivity contribution in [2.45, 2.75) is 6.04 Å². The van der Waals surface area contributed by atoms with Crippen molar-refractivity contribution in [2.24, 2.45) is 0 Å². The first-order chi connectivity index (χ1) is 8.72. The zero-order valence-corrected chi connectivity index (χ0v) is 11.4. The predicted octanol–water partition coefficient (Wildman–Crippen LogP) is 1.14. The summed E-state index contributed by atoms with van der Waals surface area (Å²) in [5.74, 6) is 1.01. The van der Waals surface area contributed by atoms with E-state index in [-0.39, 0.29) is 24.4 Å². The van der Waals surface area contributed by atoms with Crippen LogP contribution in [0.4, 0.5) is 5.69 Å². The summed E-state index contributed by atoms with van der Waals surface area (Å²) in [6, 6.07) is 4.88. The molecule has 1 unspecified atom stereocenters. The molecule has 0 saturated carbocycles. The molecule has 1 fully saturated rings. The van der Waals surface area contributed by atoms with Gasteiger partial charge in [-0.05, 0) is 18.2 Å². The van der Waals surface area contributed by atoms with Crippen molar-refractivity contribution >= 4 is 46.9 Å². The Hall–Kier alpha value is -1.44. The maximum absolute atomic E-state index is 11.9. The molecule has 0 radical (unpaired) electrons. The fourth-order valence-corrected chi connectivity index (χ4v) is 2.76.